The van der Waals surface area contributed by atoms with Crippen LogP contribution in [-0.4, -0.2) is 43.6 Å². The molecule has 1 amide bonds. The third kappa shape index (κ3) is 2.81. The molecule has 3 aromatic rings. The van der Waals surface area contributed by atoms with E-state index < -0.39 is 0 Å². The molecule has 0 unspecified atom stereocenters. The first kappa shape index (κ1) is 16.2. The van der Waals surface area contributed by atoms with Crippen LogP contribution < -0.4 is 16.4 Å². The number of hydrogen-bond donors (Lipinski definition) is 3. The van der Waals surface area contributed by atoms with Crippen molar-refractivity contribution < 1.29 is 4.79 Å². The molecule has 1 aliphatic rings. The van der Waals surface area contributed by atoms with Crippen molar-refractivity contribution in [3.63, 3.8) is 0 Å². The lowest BCUT2D eigenvalue weighted by Gasteiger charge is -2.35. The van der Waals surface area contributed by atoms with E-state index in [0.29, 0.717) is 11.4 Å². The number of nitrogens with two attached hydrogens (primary N) is 1. The number of aromatic nitrogens is 5. The zero-order valence-electron chi connectivity index (χ0n) is 14.6. The highest BCUT2D eigenvalue weighted by atomic mass is 16.1. The largest absolute Gasteiger partial charge is 0.373 e. The van der Waals surface area contributed by atoms with Crippen LogP contribution in [-0.2, 0) is 0 Å². The zero-order valence-corrected chi connectivity index (χ0v) is 14.6. The predicted molar refractivity (Wildman–Crippen MR) is 96.9 cm³/mol. The average molecular weight is 352 g/mol. The number of nitrogens with zero attached hydrogens (tertiary/aromatic N) is 5. The van der Waals surface area contributed by atoms with Gasteiger partial charge in [-0.1, -0.05) is 0 Å². The number of anilines is 2. The molecule has 0 saturated heterocycles. The van der Waals surface area contributed by atoms with Gasteiger partial charge < -0.3 is 16.4 Å². The number of rotatable bonds is 4. The number of carbonyl (C=O) groups is 1. The summed E-state index contributed by atoms with van der Waals surface area (Å²) in [4.78, 5) is 25.3. The van der Waals surface area contributed by atoms with Gasteiger partial charge in [-0.3, -0.25) is 4.79 Å². The molecule has 9 heteroatoms. The van der Waals surface area contributed by atoms with E-state index in [9.17, 15) is 4.79 Å². The number of carbonyl (C=O) groups excluding carboxylic acids is 1. The summed E-state index contributed by atoms with van der Waals surface area (Å²) in [7, 11) is 1.79. The van der Waals surface area contributed by atoms with Crippen LogP contribution in [0.3, 0.4) is 0 Å². The molecule has 1 fully saturated rings. The minimum absolute atomic E-state index is 0.106. The Labute approximate surface area is 150 Å². The van der Waals surface area contributed by atoms with Gasteiger partial charge in [0.1, 0.15) is 5.82 Å². The predicted octanol–water partition coefficient (Wildman–Crippen LogP) is 1.13. The summed E-state index contributed by atoms with van der Waals surface area (Å²) in [6.45, 7) is 1.86. The number of aryl methyl sites for hydroxylation is 1. The molecule has 9 nitrogen and oxygen atoms in total. The lowest BCUT2D eigenvalue weighted by Crippen LogP contribution is -2.44. The van der Waals surface area contributed by atoms with Crippen molar-refractivity contribution in [2.45, 2.75) is 31.7 Å². The Morgan fingerprint density at radius 1 is 1.35 bits per heavy atom. The molecule has 0 bridgehead atoms. The topological polar surface area (TPSA) is 123 Å². The average Bonchev–Trinajstić information content (AvgIpc) is 3.06. The summed E-state index contributed by atoms with van der Waals surface area (Å²) in [5.74, 6) is 1.10. The van der Waals surface area contributed by atoms with Gasteiger partial charge in [-0.2, -0.15) is 10.1 Å². The van der Waals surface area contributed by atoms with Gasteiger partial charge in [0.2, 0.25) is 5.95 Å². The SMILES string of the molecule is CNc1cc(C2CC(NC(=O)c3cnc4ccnn4c3C)C2)nc(N)n1. The molecule has 134 valence electrons. The Morgan fingerprint density at radius 2 is 2.15 bits per heavy atom. The first-order chi connectivity index (χ1) is 12.5. The van der Waals surface area contributed by atoms with E-state index >= 15 is 0 Å². The summed E-state index contributed by atoms with van der Waals surface area (Å²) in [6, 6.07) is 3.81. The van der Waals surface area contributed by atoms with Crippen LogP contribution in [0, 0.1) is 6.92 Å². The lowest BCUT2D eigenvalue weighted by molar-refractivity contribution is 0.0906. The Kier molecular flexibility index (Phi) is 3.90. The van der Waals surface area contributed by atoms with Gasteiger partial charge in [0, 0.05) is 37.3 Å². The Morgan fingerprint density at radius 3 is 2.92 bits per heavy atom. The van der Waals surface area contributed by atoms with E-state index in [4.69, 9.17) is 5.73 Å². The second-order valence-electron chi connectivity index (χ2n) is 6.48. The molecule has 1 aliphatic carbocycles. The maximum absolute atomic E-state index is 12.6. The highest BCUT2D eigenvalue weighted by Gasteiger charge is 2.33. The standard InChI is InChI=1S/C17H20N8O/c1-9-12(8-20-15-3-4-21-25(9)15)16(26)22-11-5-10(6-11)13-7-14(19-2)24-17(18)23-13/h3-4,7-8,10-11H,5-6H2,1-2H3,(H,22,26)(H3,18,19,23,24). The minimum atomic E-state index is -0.131. The van der Waals surface area contributed by atoms with Crippen molar-refractivity contribution in [2.75, 3.05) is 18.1 Å². The number of hydrogen-bond acceptors (Lipinski definition) is 7. The van der Waals surface area contributed by atoms with E-state index in [1.807, 2.05) is 13.0 Å². The summed E-state index contributed by atoms with van der Waals surface area (Å²) < 4.78 is 1.67. The number of nitrogens with one attached hydrogen (secondary N) is 2. The van der Waals surface area contributed by atoms with Crippen LogP contribution in [0.4, 0.5) is 11.8 Å². The van der Waals surface area contributed by atoms with Crippen LogP contribution in [0.2, 0.25) is 0 Å². The third-order valence-electron chi connectivity index (χ3n) is 4.81. The summed E-state index contributed by atoms with van der Waals surface area (Å²) >= 11 is 0. The van der Waals surface area contributed by atoms with E-state index in [2.05, 4.69) is 30.7 Å². The molecule has 3 heterocycles. The Hall–Kier alpha value is -3.23. The first-order valence-corrected chi connectivity index (χ1v) is 8.47. The van der Waals surface area contributed by atoms with Gasteiger partial charge in [-0.05, 0) is 19.8 Å². The van der Waals surface area contributed by atoms with Crippen LogP contribution in [0.25, 0.3) is 5.65 Å². The highest BCUT2D eigenvalue weighted by molar-refractivity contribution is 5.95. The van der Waals surface area contributed by atoms with Crippen LogP contribution >= 0.6 is 0 Å². The zero-order chi connectivity index (χ0) is 18.3. The quantitative estimate of drug-likeness (QED) is 0.643. The molecule has 26 heavy (non-hydrogen) atoms. The van der Waals surface area contributed by atoms with Gasteiger partial charge in [-0.25, -0.2) is 14.5 Å². The van der Waals surface area contributed by atoms with E-state index in [1.54, 1.807) is 30.0 Å². The monoisotopic (exact) mass is 352 g/mol. The van der Waals surface area contributed by atoms with Crippen LogP contribution in [0.1, 0.15) is 40.5 Å². The molecule has 0 aromatic carbocycles. The molecule has 4 N–H and O–H groups in total. The van der Waals surface area contributed by atoms with E-state index in [-0.39, 0.29) is 23.8 Å². The normalized spacial score (nSPS) is 19.2. The second kappa shape index (κ2) is 6.25. The fourth-order valence-electron chi connectivity index (χ4n) is 3.28. The van der Waals surface area contributed by atoms with Gasteiger partial charge in [0.25, 0.3) is 5.91 Å². The first-order valence-electron chi connectivity index (χ1n) is 8.47. The van der Waals surface area contributed by atoms with Crippen molar-refractivity contribution in [3.8, 4) is 0 Å². The molecule has 0 aliphatic heterocycles. The van der Waals surface area contributed by atoms with Gasteiger partial charge in [0.05, 0.1) is 23.1 Å². The van der Waals surface area contributed by atoms with Crippen molar-refractivity contribution in [1.82, 2.24) is 29.9 Å². The fourth-order valence-corrected chi connectivity index (χ4v) is 3.28. The second-order valence-corrected chi connectivity index (χ2v) is 6.48. The number of fused-ring (bicyclic) bond motifs is 1. The molecular formula is C17H20N8O. The lowest BCUT2D eigenvalue weighted by atomic mass is 9.78. The molecule has 0 atom stereocenters. The van der Waals surface area contributed by atoms with Gasteiger partial charge in [-0.15, -0.1) is 0 Å². The van der Waals surface area contributed by atoms with Crippen molar-refractivity contribution in [2.24, 2.45) is 0 Å². The Bertz CT molecular complexity index is 976. The summed E-state index contributed by atoms with van der Waals surface area (Å²) in [6.07, 6.45) is 4.91. The van der Waals surface area contributed by atoms with Gasteiger partial charge in [0.15, 0.2) is 5.65 Å². The number of amides is 1. The van der Waals surface area contributed by atoms with Crippen molar-refractivity contribution in [1.29, 1.82) is 0 Å². The Balaban J connectivity index is 1.42. The molecule has 1 saturated carbocycles. The molecule has 0 radical (unpaired) electrons. The third-order valence-corrected chi connectivity index (χ3v) is 4.81. The van der Waals surface area contributed by atoms with Crippen molar-refractivity contribution in [3.05, 3.63) is 41.5 Å². The maximum atomic E-state index is 12.6. The van der Waals surface area contributed by atoms with Crippen LogP contribution in [0.15, 0.2) is 24.5 Å². The number of nitrogen functional groups attached to an aromatic ring is 1. The van der Waals surface area contributed by atoms with Crippen molar-refractivity contribution >= 4 is 23.3 Å². The minimum Gasteiger partial charge on any atom is -0.373 e. The smallest absolute Gasteiger partial charge is 0.254 e. The van der Waals surface area contributed by atoms with Crippen LogP contribution in [0.5, 0.6) is 0 Å². The summed E-state index contributed by atoms with van der Waals surface area (Å²) in [5.41, 5.74) is 8.69. The molecule has 3 aromatic heterocycles. The highest BCUT2D eigenvalue weighted by Crippen LogP contribution is 2.36. The van der Waals surface area contributed by atoms with E-state index in [1.165, 1.54) is 0 Å². The fraction of sp³-hybridized carbons (Fsp3) is 0.353. The van der Waals surface area contributed by atoms with Gasteiger partial charge >= 0.3 is 0 Å². The molecular weight excluding hydrogens is 332 g/mol. The molecule has 0 spiro atoms. The van der Waals surface area contributed by atoms with E-state index in [0.717, 1.165) is 29.9 Å². The maximum Gasteiger partial charge on any atom is 0.254 e. The molecule has 4 rings (SSSR count). The summed E-state index contributed by atoms with van der Waals surface area (Å²) in [5, 5.41) is 10.2.